The van der Waals surface area contributed by atoms with E-state index in [9.17, 15) is 13.2 Å². The minimum atomic E-state index is -3.75. The Kier molecular flexibility index (Phi) is 6.66. The van der Waals surface area contributed by atoms with Crippen molar-refractivity contribution < 1.29 is 13.2 Å². The number of rotatable bonds is 4. The van der Waals surface area contributed by atoms with Crippen LogP contribution in [-0.2, 0) is 10.0 Å². The zero-order chi connectivity index (χ0) is 21.9. The van der Waals surface area contributed by atoms with Crippen LogP contribution in [0.5, 0.6) is 0 Å². The molecule has 0 atom stereocenters. The fourth-order valence-electron chi connectivity index (χ4n) is 3.34. The number of carbonyl (C=O) groups excluding carboxylic acids is 1. The van der Waals surface area contributed by atoms with E-state index in [1.807, 2.05) is 12.1 Å². The summed E-state index contributed by atoms with van der Waals surface area (Å²) >= 11 is 6.09. The summed E-state index contributed by atoms with van der Waals surface area (Å²) < 4.78 is 26.1. The van der Waals surface area contributed by atoms with Crippen molar-refractivity contribution in [2.24, 2.45) is 0 Å². The van der Waals surface area contributed by atoms with Gasteiger partial charge >= 0.3 is 0 Å². The molecule has 0 saturated carbocycles. The van der Waals surface area contributed by atoms with Crippen LogP contribution in [0.25, 0.3) is 0 Å². The highest BCUT2D eigenvalue weighted by atomic mass is 35.5. The van der Waals surface area contributed by atoms with Crippen molar-refractivity contribution in [3.05, 3.63) is 58.6 Å². The lowest BCUT2D eigenvalue weighted by Crippen LogP contribution is -2.35. The van der Waals surface area contributed by atoms with Crippen LogP contribution in [0.2, 0.25) is 5.02 Å². The molecule has 0 bridgehead atoms. The third-order valence-corrected chi connectivity index (χ3v) is 7.38. The monoisotopic (exact) mass is 446 g/mol. The summed E-state index contributed by atoms with van der Waals surface area (Å²) in [5.74, 6) is -0.219. The molecule has 0 unspecified atom stereocenters. The highest BCUT2D eigenvalue weighted by Crippen LogP contribution is 2.26. The fraction of sp³-hybridized carbons (Fsp3) is 0.333. The maximum absolute atomic E-state index is 13.1. The van der Waals surface area contributed by atoms with Gasteiger partial charge in [0.2, 0.25) is 10.0 Å². The molecule has 2 aromatic carbocycles. The van der Waals surface area contributed by atoms with Crippen molar-refractivity contribution in [3.63, 3.8) is 0 Å². The molecule has 3 rings (SSSR count). The molecule has 0 aromatic heterocycles. The second kappa shape index (κ2) is 9.04. The topological polar surface area (TPSA) is 84.7 Å². The van der Waals surface area contributed by atoms with Crippen LogP contribution in [0.15, 0.2) is 47.4 Å². The van der Waals surface area contributed by atoms with Gasteiger partial charge in [-0.05, 0) is 48.9 Å². The van der Waals surface area contributed by atoms with Crippen molar-refractivity contribution in [2.45, 2.75) is 11.3 Å². The minimum absolute atomic E-state index is 0.0750. The lowest BCUT2D eigenvalue weighted by molar-refractivity contribution is 0.0767. The summed E-state index contributed by atoms with van der Waals surface area (Å²) in [6.07, 6.45) is 0.780. The van der Waals surface area contributed by atoms with E-state index in [1.165, 1.54) is 26.2 Å². The van der Waals surface area contributed by atoms with E-state index in [0.717, 1.165) is 23.0 Å². The van der Waals surface area contributed by atoms with E-state index in [-0.39, 0.29) is 15.8 Å². The minimum Gasteiger partial charge on any atom is -0.370 e. The van der Waals surface area contributed by atoms with Gasteiger partial charge in [0.05, 0.1) is 16.7 Å². The number of amides is 1. The largest absolute Gasteiger partial charge is 0.370 e. The Labute approximate surface area is 182 Å². The Morgan fingerprint density at radius 3 is 2.40 bits per heavy atom. The van der Waals surface area contributed by atoms with Crippen LogP contribution in [0.1, 0.15) is 22.3 Å². The lowest BCUT2D eigenvalue weighted by atomic mass is 10.2. The molecule has 1 amide bonds. The van der Waals surface area contributed by atoms with Crippen LogP contribution >= 0.6 is 11.6 Å². The van der Waals surface area contributed by atoms with Gasteiger partial charge in [-0.3, -0.25) is 4.79 Å². The normalized spacial score (nSPS) is 15.0. The molecule has 1 aliphatic heterocycles. The standard InChI is InChI=1S/C21H23ClN4O3S/c1-24(2)30(28,29)20-14-17(6-9-19(20)22)21(27)26-11-3-10-25(12-13-26)18-7-4-16(15-23)5-8-18/h4-9,14H,3,10-13H2,1-2H3. The number of nitriles is 1. The molecular formula is C21H23ClN4O3S. The van der Waals surface area contributed by atoms with Crippen molar-refractivity contribution in [1.82, 2.24) is 9.21 Å². The highest BCUT2D eigenvalue weighted by Gasteiger charge is 2.25. The van der Waals surface area contributed by atoms with Gasteiger partial charge in [-0.15, -0.1) is 0 Å². The van der Waals surface area contributed by atoms with Crippen LogP contribution in [0.4, 0.5) is 5.69 Å². The SMILES string of the molecule is CN(C)S(=O)(=O)c1cc(C(=O)N2CCCN(c3ccc(C#N)cc3)CC2)ccc1Cl. The number of hydrogen-bond acceptors (Lipinski definition) is 5. The first-order valence-corrected chi connectivity index (χ1v) is 11.3. The Bertz CT molecular complexity index is 1080. The van der Waals surface area contributed by atoms with Gasteiger partial charge in [0.15, 0.2) is 0 Å². The molecule has 2 aromatic rings. The third kappa shape index (κ3) is 4.59. The van der Waals surface area contributed by atoms with Gasteiger partial charge < -0.3 is 9.80 Å². The number of sulfonamides is 1. The van der Waals surface area contributed by atoms with E-state index in [2.05, 4.69) is 11.0 Å². The third-order valence-electron chi connectivity index (χ3n) is 5.08. The summed E-state index contributed by atoms with van der Waals surface area (Å²) in [6, 6.07) is 13.9. The molecule has 1 fully saturated rings. The summed E-state index contributed by atoms with van der Waals surface area (Å²) in [5.41, 5.74) is 1.91. The molecule has 0 spiro atoms. The van der Waals surface area contributed by atoms with Gasteiger partial charge in [-0.2, -0.15) is 5.26 Å². The molecule has 7 nitrogen and oxygen atoms in total. The average Bonchev–Trinajstić information content (AvgIpc) is 2.99. The van der Waals surface area contributed by atoms with E-state index < -0.39 is 10.0 Å². The number of anilines is 1. The zero-order valence-corrected chi connectivity index (χ0v) is 18.4. The van der Waals surface area contributed by atoms with Gasteiger partial charge in [0.25, 0.3) is 5.91 Å². The summed E-state index contributed by atoms with van der Waals surface area (Å²) in [5, 5.41) is 9.03. The predicted octanol–water partition coefficient (Wildman–Crippen LogP) is 2.81. The van der Waals surface area contributed by atoms with Crippen LogP contribution in [-0.4, -0.2) is 63.8 Å². The van der Waals surface area contributed by atoms with Crippen molar-refractivity contribution in [2.75, 3.05) is 45.2 Å². The van der Waals surface area contributed by atoms with E-state index in [1.54, 1.807) is 23.1 Å². The fourth-order valence-corrected chi connectivity index (χ4v) is 4.73. The lowest BCUT2D eigenvalue weighted by Gasteiger charge is -2.24. The number of carbonyl (C=O) groups is 1. The number of nitrogens with zero attached hydrogens (tertiary/aromatic N) is 4. The molecule has 158 valence electrons. The quantitative estimate of drug-likeness (QED) is 0.721. The maximum atomic E-state index is 13.1. The number of hydrogen-bond donors (Lipinski definition) is 0. The molecular weight excluding hydrogens is 424 g/mol. The first-order valence-electron chi connectivity index (χ1n) is 9.50. The van der Waals surface area contributed by atoms with Crippen LogP contribution in [0, 0.1) is 11.3 Å². The predicted molar refractivity (Wildman–Crippen MR) is 116 cm³/mol. The van der Waals surface area contributed by atoms with Gasteiger partial charge in [0, 0.05) is 51.5 Å². The van der Waals surface area contributed by atoms with E-state index >= 15 is 0 Å². The molecule has 1 aliphatic rings. The summed E-state index contributed by atoms with van der Waals surface area (Å²) in [4.78, 5) is 16.9. The van der Waals surface area contributed by atoms with Crippen LogP contribution < -0.4 is 4.90 Å². The number of halogens is 1. The summed E-state index contributed by atoms with van der Waals surface area (Å²) in [7, 11) is -0.906. The molecule has 1 heterocycles. The van der Waals surface area contributed by atoms with E-state index in [4.69, 9.17) is 16.9 Å². The molecule has 1 saturated heterocycles. The molecule has 0 aliphatic carbocycles. The Balaban J connectivity index is 1.77. The van der Waals surface area contributed by atoms with E-state index in [0.29, 0.717) is 30.8 Å². The Hall–Kier alpha value is -2.60. The molecule has 0 N–H and O–H groups in total. The summed E-state index contributed by atoms with van der Waals surface area (Å²) in [6.45, 7) is 2.52. The Morgan fingerprint density at radius 2 is 1.77 bits per heavy atom. The van der Waals surface area contributed by atoms with Crippen molar-refractivity contribution in [1.29, 1.82) is 5.26 Å². The second-order valence-corrected chi connectivity index (χ2v) is 9.75. The molecule has 0 radical (unpaired) electrons. The molecule has 30 heavy (non-hydrogen) atoms. The Morgan fingerprint density at radius 1 is 1.07 bits per heavy atom. The zero-order valence-electron chi connectivity index (χ0n) is 16.9. The van der Waals surface area contributed by atoms with Crippen LogP contribution in [0.3, 0.4) is 0 Å². The first kappa shape index (κ1) is 22.1. The van der Waals surface area contributed by atoms with Crippen molar-refractivity contribution >= 4 is 33.2 Å². The average molecular weight is 447 g/mol. The highest BCUT2D eigenvalue weighted by molar-refractivity contribution is 7.89. The smallest absolute Gasteiger partial charge is 0.253 e. The van der Waals surface area contributed by atoms with Crippen molar-refractivity contribution in [3.8, 4) is 6.07 Å². The molecule has 9 heteroatoms. The maximum Gasteiger partial charge on any atom is 0.253 e. The first-order chi connectivity index (χ1) is 14.2. The van der Waals surface area contributed by atoms with Gasteiger partial charge in [-0.25, -0.2) is 12.7 Å². The second-order valence-electron chi connectivity index (χ2n) is 7.22. The van der Waals surface area contributed by atoms with Gasteiger partial charge in [-0.1, -0.05) is 11.6 Å². The number of benzene rings is 2. The van der Waals surface area contributed by atoms with Gasteiger partial charge in [0.1, 0.15) is 4.90 Å².